The van der Waals surface area contributed by atoms with E-state index in [1.165, 1.54) is 5.56 Å². The molecule has 1 N–H and O–H groups in total. The summed E-state index contributed by atoms with van der Waals surface area (Å²) in [5.74, 6) is 0.862. The van der Waals surface area contributed by atoms with Crippen molar-refractivity contribution in [3.8, 4) is 5.75 Å². The molecule has 0 aliphatic heterocycles. The molecule has 0 spiro atoms. The summed E-state index contributed by atoms with van der Waals surface area (Å²) < 4.78 is 5.57. The summed E-state index contributed by atoms with van der Waals surface area (Å²) in [6.45, 7) is 13.7. The van der Waals surface area contributed by atoms with Crippen LogP contribution in [0, 0.1) is 0 Å². The van der Waals surface area contributed by atoms with E-state index >= 15 is 0 Å². The minimum atomic E-state index is 0.346. The van der Waals surface area contributed by atoms with Gasteiger partial charge < -0.3 is 15.0 Å². The predicted octanol–water partition coefficient (Wildman–Crippen LogP) is 3.25. The Kier molecular flexibility index (Phi) is 9.02. The van der Waals surface area contributed by atoms with Crippen molar-refractivity contribution >= 4 is 0 Å². The molecule has 1 rings (SSSR count). The Morgan fingerprint density at radius 1 is 1.19 bits per heavy atom. The minimum Gasteiger partial charge on any atom is -0.492 e. The van der Waals surface area contributed by atoms with E-state index < -0.39 is 0 Å². The zero-order valence-corrected chi connectivity index (χ0v) is 14.1. The van der Waals surface area contributed by atoms with Gasteiger partial charge in [0, 0.05) is 12.2 Å². The molecule has 1 aromatic rings. The molecule has 120 valence electrons. The van der Waals surface area contributed by atoms with Crippen molar-refractivity contribution in [2.75, 3.05) is 32.8 Å². The maximum absolute atomic E-state index is 5.57. The fourth-order valence-corrected chi connectivity index (χ4v) is 2.43. The van der Waals surface area contributed by atoms with Crippen molar-refractivity contribution in [3.05, 3.63) is 24.0 Å². The first kappa shape index (κ1) is 17.9. The largest absolute Gasteiger partial charge is 0.492 e. The zero-order valence-electron chi connectivity index (χ0n) is 14.1. The molecule has 0 aromatic carbocycles. The molecule has 0 bridgehead atoms. The molecular formula is C17H31N3O. The Balaban J connectivity index is 2.73. The standard InChI is InChI=1S/C17H31N3O/c1-5-10-19-17(9-11-20(6-2)7-3)15-12-16(21-8-4)14-18-13-15/h12-14,17,19H,5-11H2,1-4H3. The fourth-order valence-electron chi connectivity index (χ4n) is 2.43. The van der Waals surface area contributed by atoms with Gasteiger partial charge in [0.25, 0.3) is 0 Å². The van der Waals surface area contributed by atoms with Crippen LogP contribution in [-0.2, 0) is 0 Å². The maximum Gasteiger partial charge on any atom is 0.137 e. The van der Waals surface area contributed by atoms with Crippen molar-refractivity contribution in [2.24, 2.45) is 0 Å². The molecule has 1 unspecified atom stereocenters. The van der Waals surface area contributed by atoms with Gasteiger partial charge in [-0.05, 0) is 57.6 Å². The summed E-state index contributed by atoms with van der Waals surface area (Å²) in [6, 6.07) is 2.46. The smallest absolute Gasteiger partial charge is 0.137 e. The first-order valence-electron chi connectivity index (χ1n) is 8.28. The van der Waals surface area contributed by atoms with Crippen molar-refractivity contribution < 1.29 is 4.74 Å². The Morgan fingerprint density at radius 2 is 1.95 bits per heavy atom. The van der Waals surface area contributed by atoms with Gasteiger partial charge in [-0.2, -0.15) is 0 Å². The number of ether oxygens (including phenoxy) is 1. The van der Waals surface area contributed by atoms with E-state index in [1.807, 2.05) is 13.1 Å². The molecule has 1 aromatic heterocycles. The second kappa shape index (κ2) is 10.6. The average molecular weight is 293 g/mol. The summed E-state index contributed by atoms with van der Waals surface area (Å²) in [5, 5.41) is 3.64. The number of rotatable bonds is 11. The molecule has 0 aliphatic carbocycles. The molecule has 1 heterocycles. The van der Waals surface area contributed by atoms with Gasteiger partial charge in [-0.15, -0.1) is 0 Å². The highest BCUT2D eigenvalue weighted by molar-refractivity contribution is 5.26. The van der Waals surface area contributed by atoms with E-state index in [2.05, 4.69) is 42.0 Å². The van der Waals surface area contributed by atoms with E-state index in [1.54, 1.807) is 6.20 Å². The third-order valence-electron chi connectivity index (χ3n) is 3.72. The lowest BCUT2D eigenvalue weighted by Gasteiger charge is -2.24. The second-order valence-electron chi connectivity index (χ2n) is 5.21. The Bertz CT molecular complexity index is 380. The van der Waals surface area contributed by atoms with Gasteiger partial charge in [0.2, 0.25) is 0 Å². The van der Waals surface area contributed by atoms with E-state index in [0.29, 0.717) is 12.6 Å². The van der Waals surface area contributed by atoms with Gasteiger partial charge in [-0.1, -0.05) is 20.8 Å². The van der Waals surface area contributed by atoms with Crippen LogP contribution < -0.4 is 10.1 Å². The van der Waals surface area contributed by atoms with Crippen LogP contribution in [0.5, 0.6) is 5.75 Å². The number of hydrogen-bond acceptors (Lipinski definition) is 4. The molecule has 1 atom stereocenters. The SMILES string of the molecule is CCCNC(CCN(CC)CC)c1cncc(OCC)c1. The van der Waals surface area contributed by atoms with Crippen molar-refractivity contribution in [1.29, 1.82) is 0 Å². The fraction of sp³-hybridized carbons (Fsp3) is 0.706. The van der Waals surface area contributed by atoms with Crippen LogP contribution in [0.2, 0.25) is 0 Å². The van der Waals surface area contributed by atoms with E-state index in [9.17, 15) is 0 Å². The van der Waals surface area contributed by atoms with E-state index in [0.717, 1.165) is 44.8 Å². The number of pyridine rings is 1. The first-order valence-corrected chi connectivity index (χ1v) is 8.28. The highest BCUT2D eigenvalue weighted by atomic mass is 16.5. The first-order chi connectivity index (χ1) is 10.2. The van der Waals surface area contributed by atoms with Crippen LogP contribution in [0.4, 0.5) is 0 Å². The van der Waals surface area contributed by atoms with Crippen LogP contribution in [0.25, 0.3) is 0 Å². The lowest BCUT2D eigenvalue weighted by atomic mass is 10.0. The Morgan fingerprint density at radius 3 is 2.57 bits per heavy atom. The van der Waals surface area contributed by atoms with Gasteiger partial charge >= 0.3 is 0 Å². The number of nitrogens with one attached hydrogen (secondary N) is 1. The Labute approximate surface area is 129 Å². The van der Waals surface area contributed by atoms with Gasteiger partial charge in [0.15, 0.2) is 0 Å². The Hall–Kier alpha value is -1.13. The molecule has 0 aliphatic rings. The number of aromatic nitrogens is 1. The highest BCUT2D eigenvalue weighted by Crippen LogP contribution is 2.21. The van der Waals surface area contributed by atoms with E-state index in [4.69, 9.17) is 4.74 Å². The molecular weight excluding hydrogens is 262 g/mol. The van der Waals surface area contributed by atoms with Gasteiger partial charge in [-0.3, -0.25) is 4.98 Å². The molecule has 0 fully saturated rings. The van der Waals surface area contributed by atoms with Crippen LogP contribution in [0.1, 0.15) is 52.1 Å². The molecule has 0 radical (unpaired) electrons. The summed E-state index contributed by atoms with van der Waals surface area (Å²) in [6.07, 6.45) is 5.98. The predicted molar refractivity (Wildman–Crippen MR) is 88.8 cm³/mol. The molecule has 21 heavy (non-hydrogen) atoms. The molecule has 4 heteroatoms. The third kappa shape index (κ3) is 6.44. The normalized spacial score (nSPS) is 12.6. The van der Waals surface area contributed by atoms with Crippen molar-refractivity contribution in [1.82, 2.24) is 15.2 Å². The lowest BCUT2D eigenvalue weighted by Crippen LogP contribution is -2.30. The summed E-state index contributed by atoms with van der Waals surface area (Å²) >= 11 is 0. The average Bonchev–Trinajstić information content (AvgIpc) is 2.51. The minimum absolute atomic E-state index is 0.346. The maximum atomic E-state index is 5.57. The van der Waals surface area contributed by atoms with E-state index in [-0.39, 0.29) is 0 Å². The van der Waals surface area contributed by atoms with Crippen molar-refractivity contribution in [3.63, 3.8) is 0 Å². The highest BCUT2D eigenvalue weighted by Gasteiger charge is 2.13. The summed E-state index contributed by atoms with van der Waals surface area (Å²) in [7, 11) is 0. The molecule has 0 saturated heterocycles. The van der Waals surface area contributed by atoms with Gasteiger partial charge in [-0.25, -0.2) is 0 Å². The zero-order chi connectivity index (χ0) is 15.5. The van der Waals surface area contributed by atoms with Crippen LogP contribution in [0.15, 0.2) is 18.5 Å². The molecule has 4 nitrogen and oxygen atoms in total. The second-order valence-corrected chi connectivity index (χ2v) is 5.21. The lowest BCUT2D eigenvalue weighted by molar-refractivity contribution is 0.281. The van der Waals surface area contributed by atoms with Gasteiger partial charge in [0.05, 0.1) is 12.8 Å². The van der Waals surface area contributed by atoms with Crippen LogP contribution in [-0.4, -0.2) is 42.7 Å². The van der Waals surface area contributed by atoms with Crippen LogP contribution >= 0.6 is 0 Å². The summed E-state index contributed by atoms with van der Waals surface area (Å²) in [4.78, 5) is 6.78. The quantitative estimate of drug-likeness (QED) is 0.679. The summed E-state index contributed by atoms with van der Waals surface area (Å²) in [5.41, 5.74) is 1.22. The van der Waals surface area contributed by atoms with Gasteiger partial charge in [0.1, 0.15) is 5.75 Å². The molecule has 0 amide bonds. The van der Waals surface area contributed by atoms with Crippen molar-refractivity contribution in [2.45, 2.75) is 46.6 Å². The number of hydrogen-bond donors (Lipinski definition) is 1. The topological polar surface area (TPSA) is 37.4 Å². The van der Waals surface area contributed by atoms with Crippen LogP contribution in [0.3, 0.4) is 0 Å². The third-order valence-corrected chi connectivity index (χ3v) is 3.72. The monoisotopic (exact) mass is 293 g/mol. The number of nitrogens with zero attached hydrogens (tertiary/aromatic N) is 2. The molecule has 0 saturated carbocycles.